The number of nitrogens with one attached hydrogen (secondary N) is 1. The summed E-state index contributed by atoms with van der Waals surface area (Å²) < 4.78 is 5.83. The molecule has 0 fully saturated rings. The Morgan fingerprint density at radius 2 is 2.00 bits per heavy atom. The first-order valence-corrected chi connectivity index (χ1v) is 6.85. The van der Waals surface area contributed by atoms with Crippen molar-refractivity contribution < 1.29 is 9.52 Å². The van der Waals surface area contributed by atoms with E-state index in [1.165, 1.54) is 5.56 Å². The van der Waals surface area contributed by atoms with Gasteiger partial charge in [0, 0.05) is 17.5 Å². The molecule has 2 aromatic rings. The first-order valence-electron chi connectivity index (χ1n) is 6.85. The number of aryl methyl sites for hydroxylation is 1. The van der Waals surface area contributed by atoms with E-state index in [1.54, 1.807) is 0 Å². The van der Waals surface area contributed by atoms with Crippen LogP contribution in [-0.2, 0) is 6.42 Å². The van der Waals surface area contributed by atoms with Crippen LogP contribution in [0.3, 0.4) is 0 Å². The first kappa shape index (κ1) is 17.0. The third kappa shape index (κ3) is 3.98. The van der Waals surface area contributed by atoms with Gasteiger partial charge >= 0.3 is 0 Å². The molecule has 1 aromatic heterocycles. The van der Waals surface area contributed by atoms with E-state index in [4.69, 9.17) is 4.42 Å². The summed E-state index contributed by atoms with van der Waals surface area (Å²) in [6.45, 7) is 8.83. The summed E-state index contributed by atoms with van der Waals surface area (Å²) in [5.74, 6) is 0.632. The van der Waals surface area contributed by atoms with Crippen LogP contribution in [0.25, 0.3) is 11.0 Å². The average Bonchev–Trinajstić information content (AvgIpc) is 2.78. The van der Waals surface area contributed by atoms with Crippen molar-refractivity contribution >= 4 is 23.4 Å². The molecule has 0 amide bonds. The van der Waals surface area contributed by atoms with Crippen LogP contribution >= 0.6 is 12.4 Å². The Labute approximate surface area is 126 Å². The number of aliphatic hydroxyl groups excluding tert-OH is 1. The van der Waals surface area contributed by atoms with Crippen molar-refractivity contribution in [3.05, 3.63) is 35.6 Å². The Balaban J connectivity index is 0.00000200. The molecule has 2 N–H and O–H groups in total. The standard InChI is InChI=1S/C16H23NO2.ClH/c1-5-11-7-6-8-12-9-14(19-15(11)12)13(18)10-17-16(2,3)4;/h6-9,13,17-18H,5,10H2,1-4H3;1H/t13-;/m0./s1. The zero-order valence-corrected chi connectivity index (χ0v) is 13.4. The second-order valence-electron chi connectivity index (χ2n) is 5.98. The molecule has 0 bridgehead atoms. The summed E-state index contributed by atoms with van der Waals surface area (Å²) in [7, 11) is 0. The van der Waals surface area contributed by atoms with E-state index in [-0.39, 0.29) is 17.9 Å². The van der Waals surface area contributed by atoms with E-state index >= 15 is 0 Å². The van der Waals surface area contributed by atoms with Gasteiger partial charge in [0.25, 0.3) is 0 Å². The lowest BCUT2D eigenvalue weighted by Gasteiger charge is -2.22. The Morgan fingerprint density at radius 3 is 2.60 bits per heavy atom. The van der Waals surface area contributed by atoms with Crippen molar-refractivity contribution in [3.8, 4) is 0 Å². The highest BCUT2D eigenvalue weighted by atomic mass is 35.5. The van der Waals surface area contributed by atoms with E-state index in [2.05, 4.69) is 39.1 Å². The van der Waals surface area contributed by atoms with E-state index in [1.807, 2.05) is 18.2 Å². The predicted octanol–water partition coefficient (Wildman–Crippen LogP) is 3.84. The average molecular weight is 298 g/mol. The number of hydrogen-bond donors (Lipinski definition) is 2. The molecule has 0 saturated carbocycles. The van der Waals surface area contributed by atoms with Crippen molar-refractivity contribution in [2.45, 2.75) is 45.8 Å². The molecular formula is C16H24ClNO2. The minimum atomic E-state index is -0.615. The molecule has 0 radical (unpaired) electrons. The van der Waals surface area contributed by atoms with Crippen molar-refractivity contribution in [1.82, 2.24) is 5.32 Å². The fraction of sp³-hybridized carbons (Fsp3) is 0.500. The quantitative estimate of drug-likeness (QED) is 0.901. The number of halogens is 1. The molecule has 1 aromatic carbocycles. The minimum Gasteiger partial charge on any atom is -0.458 e. The third-order valence-corrected chi connectivity index (χ3v) is 3.18. The van der Waals surface area contributed by atoms with E-state index in [0.29, 0.717) is 12.3 Å². The number of aliphatic hydroxyl groups is 1. The van der Waals surface area contributed by atoms with Gasteiger partial charge < -0.3 is 14.8 Å². The maximum absolute atomic E-state index is 10.2. The van der Waals surface area contributed by atoms with E-state index in [9.17, 15) is 5.11 Å². The second-order valence-corrected chi connectivity index (χ2v) is 5.98. The van der Waals surface area contributed by atoms with Crippen LogP contribution in [0.15, 0.2) is 28.7 Å². The molecule has 0 aliphatic carbocycles. The highest BCUT2D eigenvalue weighted by Gasteiger charge is 2.17. The van der Waals surface area contributed by atoms with Gasteiger partial charge in [-0.3, -0.25) is 0 Å². The maximum Gasteiger partial charge on any atom is 0.137 e. The molecule has 0 aliphatic rings. The lowest BCUT2D eigenvalue weighted by Crippen LogP contribution is -2.38. The van der Waals surface area contributed by atoms with Gasteiger partial charge in [-0.15, -0.1) is 12.4 Å². The maximum atomic E-state index is 10.2. The Morgan fingerprint density at radius 1 is 1.30 bits per heavy atom. The van der Waals surface area contributed by atoms with Crippen molar-refractivity contribution in [2.24, 2.45) is 0 Å². The van der Waals surface area contributed by atoms with Gasteiger partial charge in [-0.25, -0.2) is 0 Å². The number of para-hydroxylation sites is 1. The molecule has 0 unspecified atom stereocenters. The molecule has 1 atom stereocenters. The number of rotatable bonds is 4. The number of hydrogen-bond acceptors (Lipinski definition) is 3. The summed E-state index contributed by atoms with van der Waals surface area (Å²) in [4.78, 5) is 0. The van der Waals surface area contributed by atoms with Crippen LogP contribution in [0.5, 0.6) is 0 Å². The molecule has 1 heterocycles. The van der Waals surface area contributed by atoms with Crippen molar-refractivity contribution in [3.63, 3.8) is 0 Å². The summed E-state index contributed by atoms with van der Waals surface area (Å²) in [6, 6.07) is 8.05. The zero-order valence-electron chi connectivity index (χ0n) is 12.6. The zero-order chi connectivity index (χ0) is 14.0. The Bertz CT molecular complexity index is 557. The van der Waals surface area contributed by atoms with Crippen molar-refractivity contribution in [1.29, 1.82) is 0 Å². The van der Waals surface area contributed by atoms with Gasteiger partial charge in [0.05, 0.1) is 0 Å². The number of benzene rings is 1. The molecule has 0 spiro atoms. The smallest absolute Gasteiger partial charge is 0.137 e. The van der Waals surface area contributed by atoms with Crippen LogP contribution in [0, 0.1) is 0 Å². The number of fused-ring (bicyclic) bond motifs is 1. The highest BCUT2D eigenvalue weighted by molar-refractivity contribution is 5.85. The Hall–Kier alpha value is -1.03. The van der Waals surface area contributed by atoms with Gasteiger partial charge in [-0.05, 0) is 38.8 Å². The van der Waals surface area contributed by atoms with Gasteiger partial charge in [-0.1, -0.05) is 25.1 Å². The normalized spacial score (nSPS) is 13.2. The summed E-state index contributed by atoms with van der Waals surface area (Å²) >= 11 is 0. The molecule has 0 aliphatic heterocycles. The largest absolute Gasteiger partial charge is 0.458 e. The molecule has 2 rings (SSSR count). The molecule has 20 heavy (non-hydrogen) atoms. The van der Waals surface area contributed by atoms with Crippen LogP contribution < -0.4 is 5.32 Å². The third-order valence-electron chi connectivity index (χ3n) is 3.18. The van der Waals surface area contributed by atoms with E-state index < -0.39 is 6.10 Å². The Kier molecular flexibility index (Phi) is 5.63. The fourth-order valence-electron chi connectivity index (χ4n) is 2.09. The van der Waals surface area contributed by atoms with Crippen molar-refractivity contribution in [2.75, 3.05) is 6.54 Å². The van der Waals surface area contributed by atoms with Gasteiger partial charge in [-0.2, -0.15) is 0 Å². The van der Waals surface area contributed by atoms with Gasteiger partial charge in [0.15, 0.2) is 0 Å². The van der Waals surface area contributed by atoms with E-state index in [0.717, 1.165) is 17.4 Å². The summed E-state index contributed by atoms with van der Waals surface area (Å²) in [6.07, 6.45) is 0.317. The number of furan rings is 1. The molecule has 0 saturated heterocycles. The highest BCUT2D eigenvalue weighted by Crippen LogP contribution is 2.27. The summed E-state index contributed by atoms with van der Waals surface area (Å²) in [5, 5.41) is 14.5. The minimum absolute atomic E-state index is 0. The molecule has 4 heteroatoms. The van der Waals surface area contributed by atoms with Crippen LogP contribution in [0.2, 0.25) is 0 Å². The fourth-order valence-corrected chi connectivity index (χ4v) is 2.09. The lowest BCUT2D eigenvalue weighted by atomic mass is 10.1. The summed E-state index contributed by atoms with van der Waals surface area (Å²) in [5.41, 5.74) is 2.07. The molecule has 3 nitrogen and oxygen atoms in total. The monoisotopic (exact) mass is 297 g/mol. The predicted molar refractivity (Wildman–Crippen MR) is 85.6 cm³/mol. The lowest BCUT2D eigenvalue weighted by molar-refractivity contribution is 0.140. The topological polar surface area (TPSA) is 45.4 Å². The van der Waals surface area contributed by atoms with Gasteiger partial charge in [0.2, 0.25) is 0 Å². The molecule has 112 valence electrons. The first-order chi connectivity index (χ1) is 8.90. The van der Waals surface area contributed by atoms with Gasteiger partial charge in [0.1, 0.15) is 17.4 Å². The molecular weight excluding hydrogens is 274 g/mol. The number of β-amino-alcohol motifs (C(OH)–C–C–N with tert-alkyl or cyclic N) is 1. The SMILES string of the molecule is CCc1cccc2cc([C@@H](O)CNC(C)(C)C)oc12.Cl. The van der Waals surface area contributed by atoms with Crippen LogP contribution in [-0.4, -0.2) is 17.2 Å². The van der Waals surface area contributed by atoms with Crippen LogP contribution in [0.1, 0.15) is 45.1 Å². The second kappa shape index (κ2) is 6.61. The van der Waals surface area contributed by atoms with Crippen LogP contribution in [0.4, 0.5) is 0 Å².